The topological polar surface area (TPSA) is 6.48 Å². The van der Waals surface area contributed by atoms with Crippen LogP contribution in [0.25, 0.3) is 44.5 Å². The number of benzene rings is 9. The highest BCUT2D eigenvalue weighted by Crippen LogP contribution is 2.57. The molecule has 0 atom stereocenters. The second-order valence-electron chi connectivity index (χ2n) is 16.8. The van der Waals surface area contributed by atoms with Gasteiger partial charge < -0.3 is 9.80 Å². The van der Waals surface area contributed by atoms with Crippen molar-refractivity contribution >= 4 is 34.1 Å². The Morgan fingerprint density at radius 2 is 0.617 bits per heavy atom. The molecule has 0 unspecified atom stereocenters. The largest absolute Gasteiger partial charge is 0.309 e. The van der Waals surface area contributed by atoms with Gasteiger partial charge in [-0.05, 0) is 113 Å². The third-order valence-electron chi connectivity index (χ3n) is 13.5. The Morgan fingerprint density at radius 3 is 1.05 bits per heavy atom. The van der Waals surface area contributed by atoms with Crippen LogP contribution in [0, 0.1) is 0 Å². The van der Waals surface area contributed by atoms with E-state index in [9.17, 15) is 0 Å². The molecule has 0 aliphatic carbocycles. The molecular weight excluding hydrogens is 725 g/mol. The number of anilines is 6. The molecule has 60 heavy (non-hydrogen) atoms. The first-order valence-corrected chi connectivity index (χ1v) is 21.3. The summed E-state index contributed by atoms with van der Waals surface area (Å²) in [4.78, 5) is 5.22. The van der Waals surface area contributed by atoms with Crippen molar-refractivity contribution in [2.45, 2.75) is 25.7 Å². The van der Waals surface area contributed by atoms with Gasteiger partial charge in [0.25, 0.3) is 0 Å². The second kappa shape index (κ2) is 13.0. The third-order valence-corrected chi connectivity index (χ3v) is 13.5. The predicted molar refractivity (Wildman–Crippen MR) is 249 cm³/mol. The molecule has 0 saturated carbocycles. The molecule has 0 amide bonds. The van der Waals surface area contributed by atoms with Crippen LogP contribution in [0.4, 0.5) is 34.1 Å². The second-order valence-corrected chi connectivity index (χ2v) is 16.8. The average molecular weight is 765 g/mol. The van der Waals surface area contributed by atoms with Gasteiger partial charge in [-0.1, -0.05) is 170 Å². The van der Waals surface area contributed by atoms with Gasteiger partial charge in [0.1, 0.15) is 0 Å². The summed E-state index contributed by atoms with van der Waals surface area (Å²) in [5.74, 6) is 0. The number of hydrogen-bond donors (Lipinski definition) is 0. The zero-order valence-electron chi connectivity index (χ0n) is 33.2. The van der Waals surface area contributed by atoms with Crippen molar-refractivity contribution in [2.75, 3.05) is 9.80 Å². The molecule has 0 fully saturated rings. The summed E-state index contributed by atoms with van der Waals surface area (Å²) in [5, 5.41) is 0. The fourth-order valence-electron chi connectivity index (χ4n) is 10.7. The lowest BCUT2D eigenvalue weighted by Crippen LogP contribution is -2.28. The molecule has 0 spiro atoms. The van der Waals surface area contributed by atoms with Crippen molar-refractivity contribution in [1.29, 1.82) is 0 Å². The van der Waals surface area contributed by atoms with Crippen LogP contribution in [0.1, 0.15) is 44.5 Å². The molecular formula is C58H40N2. The van der Waals surface area contributed by atoms with Gasteiger partial charge in [-0.15, -0.1) is 0 Å². The molecule has 282 valence electrons. The van der Waals surface area contributed by atoms with E-state index < -0.39 is 0 Å². The quantitative estimate of drug-likeness (QED) is 0.176. The predicted octanol–water partition coefficient (Wildman–Crippen LogP) is 14.9. The summed E-state index contributed by atoms with van der Waals surface area (Å²) in [6.45, 7) is 0. The summed E-state index contributed by atoms with van der Waals surface area (Å²) in [5.41, 5.74) is 29.3. The molecule has 0 N–H and O–H groups in total. The summed E-state index contributed by atoms with van der Waals surface area (Å²) in [7, 11) is 0. The van der Waals surface area contributed by atoms with Crippen LogP contribution >= 0.6 is 0 Å². The minimum atomic E-state index is 0.903. The van der Waals surface area contributed by atoms with E-state index in [0.717, 1.165) is 25.7 Å². The Labute approximate surface area is 351 Å². The number of rotatable bonds is 4. The summed E-state index contributed by atoms with van der Waals surface area (Å²) in [6, 6.07) is 72.5. The maximum Gasteiger partial charge on any atom is 0.0538 e. The maximum absolute atomic E-state index is 2.61. The fourth-order valence-corrected chi connectivity index (χ4v) is 10.7. The molecule has 0 aromatic heterocycles. The van der Waals surface area contributed by atoms with Crippen molar-refractivity contribution in [3.05, 3.63) is 239 Å². The highest BCUT2D eigenvalue weighted by Gasteiger charge is 2.37. The molecule has 4 heterocycles. The van der Waals surface area contributed by atoms with Crippen molar-refractivity contribution in [2.24, 2.45) is 0 Å². The Kier molecular flexibility index (Phi) is 7.29. The SMILES string of the molecule is c1ccc(-c2ccc(-c3ccc4c5c3Cc3ccccc3N5c3cc5c(cc3C4)N3c4ccccc4Cc4c(-c6ccc(-c7ccccc7)cc6)ccc(c43)C5)cc2)cc1. The molecule has 0 bridgehead atoms. The smallest absolute Gasteiger partial charge is 0.0538 e. The molecule has 13 rings (SSSR count). The van der Waals surface area contributed by atoms with Gasteiger partial charge in [0, 0.05) is 37.1 Å². The minimum Gasteiger partial charge on any atom is -0.309 e. The number of nitrogens with zero attached hydrogens (tertiary/aromatic N) is 2. The molecule has 0 saturated heterocycles. The van der Waals surface area contributed by atoms with Gasteiger partial charge in [0.05, 0.1) is 22.7 Å². The summed E-state index contributed by atoms with van der Waals surface area (Å²) in [6.07, 6.45) is 3.65. The minimum absolute atomic E-state index is 0.903. The molecule has 4 aliphatic rings. The zero-order chi connectivity index (χ0) is 39.3. The first kappa shape index (κ1) is 33.5. The first-order chi connectivity index (χ1) is 29.7. The molecule has 4 aliphatic heterocycles. The van der Waals surface area contributed by atoms with E-state index in [0.29, 0.717) is 0 Å². The van der Waals surface area contributed by atoms with Crippen LogP contribution in [0.15, 0.2) is 194 Å². The van der Waals surface area contributed by atoms with Gasteiger partial charge in [-0.2, -0.15) is 0 Å². The van der Waals surface area contributed by atoms with E-state index in [-0.39, 0.29) is 0 Å². The van der Waals surface area contributed by atoms with Crippen LogP contribution in [0.2, 0.25) is 0 Å². The van der Waals surface area contributed by atoms with Crippen molar-refractivity contribution in [3.63, 3.8) is 0 Å². The Morgan fingerprint density at radius 1 is 0.250 bits per heavy atom. The van der Waals surface area contributed by atoms with Gasteiger partial charge in [-0.25, -0.2) is 0 Å². The number of fused-ring (bicyclic) bond motifs is 8. The summed E-state index contributed by atoms with van der Waals surface area (Å²) >= 11 is 0. The first-order valence-electron chi connectivity index (χ1n) is 21.3. The fraction of sp³-hybridized carbons (Fsp3) is 0.0690. The lowest BCUT2D eigenvalue weighted by Gasteiger charge is -2.43. The zero-order valence-corrected chi connectivity index (χ0v) is 33.2. The van der Waals surface area contributed by atoms with Crippen LogP contribution in [-0.2, 0) is 25.7 Å². The standard InChI is InChI=1S/C58H40N2/c1-3-11-37(12-4-1)39-19-23-41(24-20-39)49-29-27-45-31-47-36-56-48(35-55(47)59-53-17-9-7-15-43(53)33-51(49)57(45)59)32-46-28-30-50(42-25-21-40(22-26-42)38-13-5-2-6-14-38)52-34-44-16-8-10-18-54(44)60(56)58(46)52/h1-30,35-36H,31-34H2. The Bertz CT molecular complexity index is 2960. The lowest BCUT2D eigenvalue weighted by atomic mass is 9.80. The normalized spacial score (nSPS) is 13.7. The lowest BCUT2D eigenvalue weighted by molar-refractivity contribution is 0.983. The van der Waals surface area contributed by atoms with Crippen molar-refractivity contribution < 1.29 is 0 Å². The van der Waals surface area contributed by atoms with Crippen LogP contribution in [0.5, 0.6) is 0 Å². The monoisotopic (exact) mass is 764 g/mol. The average Bonchev–Trinajstić information content (AvgIpc) is 3.31. The van der Waals surface area contributed by atoms with E-state index in [1.807, 2.05) is 0 Å². The van der Waals surface area contributed by atoms with E-state index in [1.165, 1.54) is 123 Å². The van der Waals surface area contributed by atoms with Gasteiger partial charge >= 0.3 is 0 Å². The van der Waals surface area contributed by atoms with E-state index in [2.05, 4.69) is 204 Å². The van der Waals surface area contributed by atoms with Crippen LogP contribution < -0.4 is 9.80 Å². The maximum atomic E-state index is 2.61. The Balaban J connectivity index is 0.941. The van der Waals surface area contributed by atoms with Gasteiger partial charge in [0.2, 0.25) is 0 Å². The van der Waals surface area contributed by atoms with E-state index >= 15 is 0 Å². The molecule has 9 aromatic carbocycles. The highest BCUT2D eigenvalue weighted by atomic mass is 15.2. The molecule has 2 heteroatoms. The number of hydrogen-bond acceptors (Lipinski definition) is 2. The van der Waals surface area contributed by atoms with E-state index in [4.69, 9.17) is 0 Å². The van der Waals surface area contributed by atoms with Crippen molar-refractivity contribution in [3.8, 4) is 44.5 Å². The summed E-state index contributed by atoms with van der Waals surface area (Å²) < 4.78 is 0. The molecule has 9 aromatic rings. The van der Waals surface area contributed by atoms with Gasteiger partial charge in [0.15, 0.2) is 0 Å². The van der Waals surface area contributed by atoms with Crippen molar-refractivity contribution in [1.82, 2.24) is 0 Å². The molecule has 2 nitrogen and oxygen atoms in total. The molecule has 0 radical (unpaired) electrons. The highest BCUT2D eigenvalue weighted by molar-refractivity contribution is 5.98. The van der Waals surface area contributed by atoms with E-state index in [1.54, 1.807) is 0 Å². The van der Waals surface area contributed by atoms with Crippen LogP contribution in [-0.4, -0.2) is 0 Å². The Hall–Kier alpha value is -7.42. The van der Waals surface area contributed by atoms with Gasteiger partial charge in [-0.3, -0.25) is 0 Å². The number of para-hydroxylation sites is 2. The van der Waals surface area contributed by atoms with Crippen LogP contribution in [0.3, 0.4) is 0 Å². The third kappa shape index (κ3) is 5.07.